The van der Waals surface area contributed by atoms with E-state index in [1.165, 1.54) is 6.07 Å². The number of hydrogen-bond donors (Lipinski definition) is 1. The van der Waals surface area contributed by atoms with Crippen LogP contribution in [0.1, 0.15) is 58.6 Å². The minimum absolute atomic E-state index is 0.101. The summed E-state index contributed by atoms with van der Waals surface area (Å²) in [4.78, 5) is 16.6. The summed E-state index contributed by atoms with van der Waals surface area (Å²) >= 11 is 0. The predicted octanol–water partition coefficient (Wildman–Crippen LogP) is 6.29. The second-order valence-electron chi connectivity index (χ2n) is 7.74. The minimum atomic E-state index is -4.48. The Morgan fingerprint density at radius 2 is 1.71 bits per heavy atom. The van der Waals surface area contributed by atoms with Gasteiger partial charge in [0.15, 0.2) is 0 Å². The molecule has 0 fully saturated rings. The summed E-state index contributed by atoms with van der Waals surface area (Å²) < 4.78 is 39.9. The molecule has 0 saturated heterocycles. The Kier molecular flexibility index (Phi) is 6.75. The van der Waals surface area contributed by atoms with E-state index in [9.17, 15) is 23.1 Å². The molecule has 0 aliphatic carbocycles. The van der Waals surface area contributed by atoms with Crippen molar-refractivity contribution >= 4 is 19.6 Å². The molecule has 1 aromatic rings. The number of carboxylic acid groups (broad SMARTS) is 1. The summed E-state index contributed by atoms with van der Waals surface area (Å²) in [6.45, 7) is 11.9. The average molecular weight is 413 g/mol. The highest BCUT2D eigenvalue weighted by Gasteiger charge is 2.43. The Labute approximate surface area is 165 Å². The highest BCUT2D eigenvalue weighted by atomic mass is 31.1. The molecule has 3 nitrogen and oxygen atoms in total. The summed E-state index contributed by atoms with van der Waals surface area (Å²) in [6.07, 6.45) is -4.48. The molecule has 1 aromatic carbocycles. The van der Waals surface area contributed by atoms with Crippen molar-refractivity contribution in [1.82, 2.24) is 0 Å². The number of alkyl halides is 3. The van der Waals surface area contributed by atoms with Crippen LogP contribution in [0, 0.1) is 0 Å². The van der Waals surface area contributed by atoms with Crippen LogP contribution < -0.4 is 0 Å². The van der Waals surface area contributed by atoms with E-state index in [1.807, 2.05) is 6.92 Å². The molecule has 0 aromatic heterocycles. The van der Waals surface area contributed by atoms with Crippen LogP contribution >= 0.6 is 7.92 Å². The number of aliphatic carboxylic acids is 1. The van der Waals surface area contributed by atoms with Gasteiger partial charge >= 0.3 is 12.1 Å². The van der Waals surface area contributed by atoms with Gasteiger partial charge in [0.2, 0.25) is 0 Å². The van der Waals surface area contributed by atoms with E-state index < -0.39 is 31.5 Å². The van der Waals surface area contributed by atoms with E-state index >= 15 is 0 Å². The van der Waals surface area contributed by atoms with Crippen LogP contribution in [0.2, 0.25) is 0 Å². The van der Waals surface area contributed by atoms with Gasteiger partial charge in [0.25, 0.3) is 0 Å². The van der Waals surface area contributed by atoms with Gasteiger partial charge in [0, 0.05) is 23.0 Å². The fourth-order valence-electron chi connectivity index (χ4n) is 4.19. The number of hydrogen-bond acceptors (Lipinski definition) is 2. The summed E-state index contributed by atoms with van der Waals surface area (Å²) in [7, 11) is -0.717. The standard InChI is InChI=1S/C21H27F3NO2P/c1-11(2)28(12(3)4)19-14(6)25-13(5)17(20(26)27)18(19)15-8-7-9-16(10-15)21(22,23)24/h7-12,18-19H,1-6H3,(H,26,27). The van der Waals surface area contributed by atoms with E-state index in [0.717, 1.165) is 17.8 Å². The largest absolute Gasteiger partial charge is 0.478 e. The zero-order valence-electron chi connectivity index (χ0n) is 17.0. The van der Waals surface area contributed by atoms with Gasteiger partial charge in [-0.25, -0.2) is 4.79 Å². The van der Waals surface area contributed by atoms with Crippen molar-refractivity contribution < 1.29 is 23.1 Å². The number of benzene rings is 1. The fraction of sp³-hybridized carbons (Fsp3) is 0.524. The number of carbonyl (C=O) groups is 1. The number of carboxylic acids is 1. The van der Waals surface area contributed by atoms with Gasteiger partial charge in [-0.15, -0.1) is 0 Å². The normalized spacial score (nSPS) is 20.9. The lowest BCUT2D eigenvalue weighted by molar-refractivity contribution is -0.137. The van der Waals surface area contributed by atoms with E-state index in [-0.39, 0.29) is 22.6 Å². The van der Waals surface area contributed by atoms with Crippen LogP contribution in [0.4, 0.5) is 13.2 Å². The van der Waals surface area contributed by atoms with Gasteiger partial charge in [-0.3, -0.25) is 4.99 Å². The Morgan fingerprint density at radius 3 is 2.18 bits per heavy atom. The number of rotatable bonds is 5. The minimum Gasteiger partial charge on any atom is -0.478 e. The van der Waals surface area contributed by atoms with Crippen molar-refractivity contribution in [3.63, 3.8) is 0 Å². The van der Waals surface area contributed by atoms with Crippen molar-refractivity contribution in [3.05, 3.63) is 46.7 Å². The molecule has 1 aliphatic heterocycles. The third-order valence-corrected chi connectivity index (χ3v) is 8.81. The number of halogens is 3. The molecular formula is C21H27F3NO2P. The Balaban J connectivity index is 2.75. The molecule has 2 unspecified atom stereocenters. The van der Waals surface area contributed by atoms with Crippen LogP contribution in [0.15, 0.2) is 40.5 Å². The Bertz CT molecular complexity index is 804. The monoisotopic (exact) mass is 413 g/mol. The number of allylic oxidation sites excluding steroid dienone is 1. The Morgan fingerprint density at radius 1 is 1.14 bits per heavy atom. The summed E-state index contributed by atoms with van der Waals surface area (Å²) in [5.74, 6) is -1.77. The van der Waals surface area contributed by atoms with Crippen LogP contribution in [-0.2, 0) is 11.0 Å². The molecule has 0 radical (unpaired) electrons. The number of aliphatic imine (C=N–C) groups is 1. The maximum Gasteiger partial charge on any atom is 0.416 e. The quantitative estimate of drug-likeness (QED) is 0.577. The molecule has 0 saturated carbocycles. The highest BCUT2D eigenvalue weighted by molar-refractivity contribution is 7.61. The van der Waals surface area contributed by atoms with Gasteiger partial charge in [0.1, 0.15) is 0 Å². The molecule has 0 amide bonds. The average Bonchev–Trinajstić information content (AvgIpc) is 2.55. The predicted molar refractivity (Wildman–Crippen MR) is 109 cm³/mol. The molecule has 7 heteroatoms. The first kappa shape index (κ1) is 22.6. The van der Waals surface area contributed by atoms with E-state index in [2.05, 4.69) is 32.7 Å². The first-order valence-corrected chi connectivity index (χ1v) is 10.8. The van der Waals surface area contributed by atoms with Crippen LogP contribution in [0.5, 0.6) is 0 Å². The lowest BCUT2D eigenvalue weighted by Gasteiger charge is -2.41. The van der Waals surface area contributed by atoms with Crippen molar-refractivity contribution in [1.29, 1.82) is 0 Å². The van der Waals surface area contributed by atoms with Crippen molar-refractivity contribution in [2.45, 2.75) is 70.6 Å². The van der Waals surface area contributed by atoms with E-state index in [4.69, 9.17) is 0 Å². The molecule has 0 bridgehead atoms. The zero-order valence-corrected chi connectivity index (χ0v) is 17.9. The van der Waals surface area contributed by atoms with E-state index in [1.54, 1.807) is 13.0 Å². The van der Waals surface area contributed by atoms with Crippen LogP contribution in [0.25, 0.3) is 0 Å². The van der Waals surface area contributed by atoms with Crippen LogP contribution in [-0.4, -0.2) is 33.8 Å². The maximum atomic E-state index is 13.3. The van der Waals surface area contributed by atoms with Gasteiger partial charge in [-0.05, 0) is 36.8 Å². The summed E-state index contributed by atoms with van der Waals surface area (Å²) in [5, 5.41) is 9.89. The topological polar surface area (TPSA) is 49.7 Å². The van der Waals surface area contributed by atoms with Crippen molar-refractivity contribution in [2.75, 3.05) is 0 Å². The number of nitrogens with zero attached hydrogens (tertiary/aromatic N) is 1. The van der Waals surface area contributed by atoms with Gasteiger partial charge in [0.05, 0.1) is 11.1 Å². The maximum absolute atomic E-state index is 13.3. The molecule has 1 heterocycles. The first-order chi connectivity index (χ1) is 12.9. The first-order valence-electron chi connectivity index (χ1n) is 9.30. The molecule has 2 atom stereocenters. The molecule has 1 aliphatic rings. The SMILES string of the molecule is CC1=NC(C)=C(C(=O)O)C(c2cccc(C(F)(F)F)c2)C1P(C(C)C)C(C)C. The van der Waals surface area contributed by atoms with Crippen LogP contribution in [0.3, 0.4) is 0 Å². The fourth-order valence-corrected chi connectivity index (χ4v) is 7.82. The Hall–Kier alpha value is -1.68. The van der Waals surface area contributed by atoms with Crippen molar-refractivity contribution in [2.24, 2.45) is 4.99 Å². The molecule has 28 heavy (non-hydrogen) atoms. The lowest BCUT2D eigenvalue weighted by atomic mass is 9.83. The smallest absolute Gasteiger partial charge is 0.416 e. The van der Waals surface area contributed by atoms with E-state index in [0.29, 0.717) is 11.3 Å². The second kappa shape index (κ2) is 8.36. The summed E-state index contributed by atoms with van der Waals surface area (Å²) in [5.41, 5.74) is 1.25. The van der Waals surface area contributed by atoms with Crippen molar-refractivity contribution in [3.8, 4) is 0 Å². The lowest BCUT2D eigenvalue weighted by Crippen LogP contribution is -2.36. The molecule has 154 valence electrons. The molecule has 1 N–H and O–H groups in total. The molecule has 0 spiro atoms. The molecular weight excluding hydrogens is 386 g/mol. The third kappa shape index (κ3) is 4.48. The zero-order chi connectivity index (χ0) is 21.4. The second-order valence-corrected chi connectivity index (χ2v) is 11.3. The van der Waals surface area contributed by atoms with Gasteiger partial charge in [-0.2, -0.15) is 13.2 Å². The third-order valence-electron chi connectivity index (χ3n) is 5.11. The molecule has 2 rings (SSSR count). The summed E-state index contributed by atoms with van der Waals surface area (Å²) in [6, 6.07) is 5.08. The van der Waals surface area contributed by atoms with Gasteiger partial charge in [-0.1, -0.05) is 53.8 Å². The van der Waals surface area contributed by atoms with Gasteiger partial charge < -0.3 is 5.11 Å². The highest BCUT2D eigenvalue weighted by Crippen LogP contribution is 2.58.